The van der Waals surface area contributed by atoms with Crippen molar-refractivity contribution in [2.75, 3.05) is 32.7 Å². The van der Waals surface area contributed by atoms with Crippen molar-refractivity contribution in [2.45, 2.75) is 64.5 Å². The molecule has 0 aliphatic carbocycles. The minimum atomic E-state index is -0.428. The molecule has 0 aromatic rings. The molecule has 0 bridgehead atoms. The molecule has 2 rings (SSSR count). The van der Waals surface area contributed by atoms with E-state index in [0.717, 1.165) is 44.9 Å². The number of hydrogen-bond acceptors (Lipinski definition) is 4. The van der Waals surface area contributed by atoms with Crippen LogP contribution in [0.2, 0.25) is 0 Å². The molecule has 1 amide bonds. The second kappa shape index (κ2) is 6.75. The highest BCUT2D eigenvalue weighted by atomic mass is 16.6. The minimum Gasteiger partial charge on any atom is -0.444 e. The van der Waals surface area contributed by atoms with Gasteiger partial charge < -0.3 is 15.4 Å². The molecule has 2 fully saturated rings. The lowest BCUT2D eigenvalue weighted by atomic mass is 9.83. The van der Waals surface area contributed by atoms with Crippen molar-refractivity contribution >= 4 is 6.09 Å². The van der Waals surface area contributed by atoms with Gasteiger partial charge in [-0.2, -0.15) is 0 Å². The van der Waals surface area contributed by atoms with Crippen LogP contribution in [-0.4, -0.2) is 59.8 Å². The molecule has 0 radical (unpaired) electrons. The second-order valence-electron chi connectivity index (χ2n) is 8.07. The smallest absolute Gasteiger partial charge is 0.410 e. The number of carbonyl (C=O) groups is 1. The normalized spacial score (nSPS) is 24.3. The maximum absolute atomic E-state index is 12.2. The Balaban J connectivity index is 1.92. The van der Waals surface area contributed by atoms with Crippen molar-refractivity contribution in [1.82, 2.24) is 9.80 Å². The summed E-state index contributed by atoms with van der Waals surface area (Å²) in [5.74, 6) is 0.827. The zero-order valence-electron chi connectivity index (χ0n) is 14.7. The predicted octanol–water partition coefficient (Wildman–Crippen LogP) is 2.45. The summed E-state index contributed by atoms with van der Waals surface area (Å²) in [6.07, 6.45) is 4.24. The van der Waals surface area contributed by atoms with Gasteiger partial charge in [0, 0.05) is 25.2 Å². The first-order chi connectivity index (χ1) is 10.3. The quantitative estimate of drug-likeness (QED) is 0.851. The number of hydrogen-bond donors (Lipinski definition) is 1. The van der Waals surface area contributed by atoms with E-state index in [1.165, 1.54) is 12.8 Å². The maximum atomic E-state index is 12.2. The van der Waals surface area contributed by atoms with Gasteiger partial charge in [-0.3, -0.25) is 4.90 Å². The van der Waals surface area contributed by atoms with Crippen LogP contribution in [0.1, 0.15) is 53.4 Å². The number of nitrogens with zero attached hydrogens (tertiary/aromatic N) is 2. The number of carbonyl (C=O) groups excluding carboxylic acids is 1. The van der Waals surface area contributed by atoms with Gasteiger partial charge in [-0.25, -0.2) is 4.79 Å². The zero-order valence-corrected chi connectivity index (χ0v) is 14.7. The fourth-order valence-electron chi connectivity index (χ4n) is 3.56. The number of nitrogens with two attached hydrogens (primary N) is 1. The molecule has 2 aliphatic rings. The van der Waals surface area contributed by atoms with Crippen molar-refractivity contribution in [3.63, 3.8) is 0 Å². The lowest BCUT2D eigenvalue weighted by Crippen LogP contribution is -2.61. The van der Waals surface area contributed by atoms with Crippen molar-refractivity contribution in [3.8, 4) is 0 Å². The summed E-state index contributed by atoms with van der Waals surface area (Å²) in [4.78, 5) is 16.6. The molecule has 2 aliphatic heterocycles. The van der Waals surface area contributed by atoms with E-state index in [4.69, 9.17) is 10.5 Å². The molecule has 0 unspecified atom stereocenters. The number of ether oxygens (including phenoxy) is 1. The molecular weight excluding hydrogens is 278 g/mol. The van der Waals surface area contributed by atoms with Gasteiger partial charge >= 0.3 is 6.09 Å². The topological polar surface area (TPSA) is 58.8 Å². The van der Waals surface area contributed by atoms with E-state index in [0.29, 0.717) is 6.54 Å². The first-order valence-electron chi connectivity index (χ1n) is 8.69. The third kappa shape index (κ3) is 4.13. The highest BCUT2D eigenvalue weighted by Gasteiger charge is 2.41. The van der Waals surface area contributed by atoms with E-state index in [2.05, 4.69) is 11.8 Å². The predicted molar refractivity (Wildman–Crippen MR) is 88.8 cm³/mol. The SMILES string of the molecule is CC1CCN(C2(CN)CCN(C(=O)OC(C)(C)C)CC2)CC1. The summed E-state index contributed by atoms with van der Waals surface area (Å²) < 4.78 is 5.48. The summed E-state index contributed by atoms with van der Waals surface area (Å²) >= 11 is 0. The number of piperidine rings is 2. The van der Waals surface area contributed by atoms with Gasteiger partial charge in [0.25, 0.3) is 0 Å². The molecule has 2 heterocycles. The molecule has 0 spiro atoms. The van der Waals surface area contributed by atoms with Crippen LogP contribution in [0, 0.1) is 5.92 Å². The molecule has 2 saturated heterocycles. The average Bonchev–Trinajstić information content (AvgIpc) is 2.46. The monoisotopic (exact) mass is 311 g/mol. The number of rotatable bonds is 2. The molecule has 128 valence electrons. The Morgan fingerprint density at radius 1 is 1.18 bits per heavy atom. The molecule has 0 aromatic carbocycles. The van der Waals surface area contributed by atoms with Gasteiger partial charge in [0.1, 0.15) is 5.60 Å². The van der Waals surface area contributed by atoms with Gasteiger partial charge in [0.2, 0.25) is 0 Å². The Morgan fingerprint density at radius 2 is 1.73 bits per heavy atom. The Labute approximate surface area is 135 Å². The van der Waals surface area contributed by atoms with Gasteiger partial charge in [-0.05, 0) is 65.5 Å². The number of amides is 1. The van der Waals surface area contributed by atoms with E-state index in [9.17, 15) is 4.79 Å². The van der Waals surface area contributed by atoms with Crippen molar-refractivity contribution < 1.29 is 9.53 Å². The molecule has 0 saturated carbocycles. The summed E-state index contributed by atoms with van der Waals surface area (Å²) in [5, 5.41) is 0. The van der Waals surface area contributed by atoms with E-state index in [-0.39, 0.29) is 11.6 Å². The van der Waals surface area contributed by atoms with Crippen molar-refractivity contribution in [3.05, 3.63) is 0 Å². The lowest BCUT2D eigenvalue weighted by Gasteiger charge is -2.50. The average molecular weight is 311 g/mol. The molecule has 5 heteroatoms. The standard InChI is InChI=1S/C17H33N3O2/c1-14-5-9-20(10-6-14)17(13-18)7-11-19(12-8-17)15(21)22-16(2,3)4/h14H,5-13,18H2,1-4H3. The first-order valence-corrected chi connectivity index (χ1v) is 8.69. The Morgan fingerprint density at radius 3 is 2.18 bits per heavy atom. The van der Waals surface area contributed by atoms with Gasteiger partial charge in [0.15, 0.2) is 0 Å². The Hall–Kier alpha value is -0.810. The van der Waals surface area contributed by atoms with Crippen LogP contribution in [0.25, 0.3) is 0 Å². The molecule has 2 N–H and O–H groups in total. The van der Waals surface area contributed by atoms with Crippen molar-refractivity contribution in [1.29, 1.82) is 0 Å². The molecule has 5 nitrogen and oxygen atoms in total. The fourth-order valence-corrected chi connectivity index (χ4v) is 3.56. The Bertz CT molecular complexity index is 376. The van der Waals surface area contributed by atoms with Crippen LogP contribution in [0.15, 0.2) is 0 Å². The molecule has 22 heavy (non-hydrogen) atoms. The molecule has 0 aromatic heterocycles. The minimum absolute atomic E-state index is 0.0820. The first kappa shape index (κ1) is 17.5. The van der Waals surface area contributed by atoms with Gasteiger partial charge in [0.05, 0.1) is 0 Å². The van der Waals surface area contributed by atoms with Gasteiger partial charge in [-0.15, -0.1) is 0 Å². The van der Waals surface area contributed by atoms with Crippen molar-refractivity contribution in [2.24, 2.45) is 11.7 Å². The van der Waals surface area contributed by atoms with E-state index in [1.807, 2.05) is 25.7 Å². The summed E-state index contributed by atoms with van der Waals surface area (Å²) in [6.45, 7) is 12.5. The van der Waals surface area contributed by atoms with Crippen LogP contribution < -0.4 is 5.73 Å². The molecular formula is C17H33N3O2. The van der Waals surface area contributed by atoms with Crippen LogP contribution in [-0.2, 0) is 4.74 Å². The highest BCUT2D eigenvalue weighted by molar-refractivity contribution is 5.68. The fraction of sp³-hybridized carbons (Fsp3) is 0.941. The Kier molecular flexibility index (Phi) is 5.38. The third-order valence-corrected chi connectivity index (χ3v) is 5.18. The van der Waals surface area contributed by atoms with Crippen LogP contribution in [0.5, 0.6) is 0 Å². The second-order valence-corrected chi connectivity index (χ2v) is 8.07. The number of likely N-dealkylation sites (tertiary alicyclic amines) is 2. The van der Waals surface area contributed by atoms with E-state index in [1.54, 1.807) is 0 Å². The van der Waals surface area contributed by atoms with Crippen LogP contribution in [0.4, 0.5) is 4.79 Å². The largest absolute Gasteiger partial charge is 0.444 e. The highest BCUT2D eigenvalue weighted by Crippen LogP contribution is 2.32. The molecule has 0 atom stereocenters. The summed E-state index contributed by atoms with van der Waals surface area (Å²) in [6, 6.07) is 0. The lowest BCUT2D eigenvalue weighted by molar-refractivity contribution is -0.0133. The third-order valence-electron chi connectivity index (χ3n) is 5.18. The van der Waals surface area contributed by atoms with Gasteiger partial charge in [-0.1, -0.05) is 6.92 Å². The van der Waals surface area contributed by atoms with E-state index >= 15 is 0 Å². The van der Waals surface area contributed by atoms with E-state index < -0.39 is 5.60 Å². The van der Waals surface area contributed by atoms with Crippen LogP contribution >= 0.6 is 0 Å². The van der Waals surface area contributed by atoms with Crippen LogP contribution in [0.3, 0.4) is 0 Å². The summed E-state index contributed by atoms with van der Waals surface area (Å²) in [5.41, 5.74) is 5.80. The zero-order chi connectivity index (χ0) is 16.4. The summed E-state index contributed by atoms with van der Waals surface area (Å²) in [7, 11) is 0. The maximum Gasteiger partial charge on any atom is 0.410 e.